The van der Waals surface area contributed by atoms with Crippen molar-refractivity contribution < 1.29 is 22.7 Å². The van der Waals surface area contributed by atoms with Gasteiger partial charge in [0.25, 0.3) is 0 Å². The third-order valence-electron chi connectivity index (χ3n) is 5.22. The van der Waals surface area contributed by atoms with Gasteiger partial charge >= 0.3 is 12.3 Å². The molecule has 0 N–H and O–H groups in total. The Bertz CT molecular complexity index is 1020. The lowest BCUT2D eigenvalue weighted by Gasteiger charge is -2.35. The Balaban J connectivity index is 1.56. The zero-order valence-corrected chi connectivity index (χ0v) is 16.2. The van der Waals surface area contributed by atoms with E-state index in [-0.39, 0.29) is 24.3 Å². The summed E-state index contributed by atoms with van der Waals surface area (Å²) in [6, 6.07) is 11.9. The van der Waals surface area contributed by atoms with Gasteiger partial charge in [0.05, 0.1) is 6.04 Å². The standard InChI is InChI=1S/C21H21F3N4O2/c22-21(23,24)19-26-17-10-6-11-25-18(17)28(19)13-16-9-4-5-12-27(16)20(29)30-14-15-7-2-1-3-8-15/h1-3,6-8,10-11,16H,4-5,9,12-14H2/t16-/m1/s1. The zero-order valence-electron chi connectivity index (χ0n) is 16.2. The summed E-state index contributed by atoms with van der Waals surface area (Å²) >= 11 is 0. The predicted octanol–water partition coefficient (Wildman–Crippen LogP) is 4.64. The van der Waals surface area contributed by atoms with E-state index in [1.54, 1.807) is 6.07 Å². The van der Waals surface area contributed by atoms with Crippen LogP contribution in [0.1, 0.15) is 30.7 Å². The van der Waals surface area contributed by atoms with Crippen molar-refractivity contribution in [2.75, 3.05) is 6.54 Å². The van der Waals surface area contributed by atoms with Gasteiger partial charge in [0.1, 0.15) is 12.1 Å². The summed E-state index contributed by atoms with van der Waals surface area (Å²) in [6.45, 7) is 0.523. The van der Waals surface area contributed by atoms with Gasteiger partial charge in [-0.25, -0.2) is 14.8 Å². The molecular formula is C21H21F3N4O2. The van der Waals surface area contributed by atoms with Crippen LogP contribution in [0.2, 0.25) is 0 Å². The summed E-state index contributed by atoms with van der Waals surface area (Å²) in [5.41, 5.74) is 1.19. The molecule has 4 rings (SSSR count). The maximum Gasteiger partial charge on any atom is 0.449 e. The van der Waals surface area contributed by atoms with Gasteiger partial charge in [-0.3, -0.25) is 0 Å². The zero-order chi connectivity index (χ0) is 21.1. The molecule has 30 heavy (non-hydrogen) atoms. The second-order valence-electron chi connectivity index (χ2n) is 7.27. The van der Waals surface area contributed by atoms with Gasteiger partial charge in [-0.05, 0) is 37.0 Å². The number of hydrogen-bond acceptors (Lipinski definition) is 4. The number of pyridine rings is 1. The highest BCUT2D eigenvalue weighted by Crippen LogP contribution is 2.32. The van der Waals surface area contributed by atoms with Gasteiger partial charge in [0, 0.05) is 19.3 Å². The summed E-state index contributed by atoms with van der Waals surface area (Å²) in [6.07, 6.45) is -1.50. The van der Waals surface area contributed by atoms with Gasteiger partial charge in [0.2, 0.25) is 5.82 Å². The maximum absolute atomic E-state index is 13.6. The van der Waals surface area contributed by atoms with Crippen LogP contribution in [0.25, 0.3) is 11.2 Å². The van der Waals surface area contributed by atoms with Crippen LogP contribution in [0, 0.1) is 0 Å². The van der Waals surface area contributed by atoms with E-state index in [4.69, 9.17) is 4.74 Å². The summed E-state index contributed by atoms with van der Waals surface area (Å²) in [5.74, 6) is -1.00. The molecule has 0 saturated carbocycles. The number of carbonyl (C=O) groups is 1. The number of amides is 1. The molecule has 1 atom stereocenters. The monoisotopic (exact) mass is 418 g/mol. The molecule has 3 aromatic rings. The Morgan fingerprint density at radius 1 is 1.13 bits per heavy atom. The molecule has 2 aromatic heterocycles. The van der Waals surface area contributed by atoms with Crippen LogP contribution in [-0.4, -0.2) is 38.1 Å². The first-order valence-corrected chi connectivity index (χ1v) is 9.79. The molecule has 0 spiro atoms. The number of rotatable bonds is 4. The van der Waals surface area contributed by atoms with Crippen LogP contribution in [0.4, 0.5) is 18.0 Å². The van der Waals surface area contributed by atoms with Gasteiger partial charge in [-0.1, -0.05) is 30.3 Å². The van der Waals surface area contributed by atoms with E-state index in [0.717, 1.165) is 23.0 Å². The number of nitrogens with zero attached hydrogens (tertiary/aromatic N) is 4. The minimum Gasteiger partial charge on any atom is -0.445 e. The van der Waals surface area contributed by atoms with Gasteiger partial charge in [-0.15, -0.1) is 0 Å². The first kappa shape index (κ1) is 20.2. The fraction of sp³-hybridized carbons (Fsp3) is 0.381. The highest BCUT2D eigenvalue weighted by atomic mass is 19.4. The molecule has 1 saturated heterocycles. The van der Waals surface area contributed by atoms with Crippen molar-refractivity contribution in [1.29, 1.82) is 0 Å². The molecule has 1 aliphatic heterocycles. The van der Waals surface area contributed by atoms with E-state index in [1.165, 1.54) is 17.2 Å². The van der Waals surface area contributed by atoms with Crippen LogP contribution >= 0.6 is 0 Å². The number of piperidine rings is 1. The number of benzene rings is 1. The predicted molar refractivity (Wildman–Crippen MR) is 104 cm³/mol. The lowest BCUT2D eigenvalue weighted by molar-refractivity contribution is -0.147. The van der Waals surface area contributed by atoms with Gasteiger partial charge < -0.3 is 14.2 Å². The molecule has 158 valence electrons. The largest absolute Gasteiger partial charge is 0.449 e. The van der Waals surface area contributed by atoms with E-state index in [0.29, 0.717) is 13.0 Å². The molecule has 1 amide bonds. The van der Waals surface area contributed by atoms with E-state index >= 15 is 0 Å². The van der Waals surface area contributed by atoms with Crippen molar-refractivity contribution in [1.82, 2.24) is 19.4 Å². The number of hydrogen-bond donors (Lipinski definition) is 0. The fourth-order valence-electron chi connectivity index (χ4n) is 3.79. The fourth-order valence-corrected chi connectivity index (χ4v) is 3.79. The molecule has 0 bridgehead atoms. The number of halogens is 3. The normalized spacial score (nSPS) is 17.3. The van der Waals surface area contributed by atoms with Crippen molar-refractivity contribution in [3.63, 3.8) is 0 Å². The van der Waals surface area contributed by atoms with Crippen molar-refractivity contribution in [2.24, 2.45) is 0 Å². The number of fused-ring (bicyclic) bond motifs is 1. The molecular weight excluding hydrogens is 397 g/mol. The Labute approximate surface area is 171 Å². The Morgan fingerprint density at radius 2 is 1.93 bits per heavy atom. The summed E-state index contributed by atoms with van der Waals surface area (Å²) in [7, 11) is 0. The number of ether oxygens (including phenoxy) is 1. The number of alkyl halides is 3. The van der Waals surface area contributed by atoms with Crippen molar-refractivity contribution in [3.05, 3.63) is 60.0 Å². The Kier molecular flexibility index (Phi) is 5.61. The Morgan fingerprint density at radius 3 is 2.70 bits per heavy atom. The van der Waals surface area contributed by atoms with Crippen LogP contribution in [-0.2, 0) is 24.1 Å². The van der Waals surface area contributed by atoms with E-state index in [9.17, 15) is 18.0 Å². The Hall–Kier alpha value is -3.10. The SMILES string of the molecule is O=C(OCc1ccccc1)N1CCCC[C@@H]1Cn1c(C(F)(F)F)nc2cccnc21. The highest BCUT2D eigenvalue weighted by molar-refractivity contribution is 5.71. The lowest BCUT2D eigenvalue weighted by Crippen LogP contribution is -2.46. The summed E-state index contributed by atoms with van der Waals surface area (Å²) < 4.78 is 47.3. The van der Waals surface area contributed by atoms with E-state index < -0.39 is 24.1 Å². The van der Waals surface area contributed by atoms with Crippen LogP contribution in [0.3, 0.4) is 0 Å². The molecule has 9 heteroatoms. The summed E-state index contributed by atoms with van der Waals surface area (Å²) in [5, 5.41) is 0. The summed E-state index contributed by atoms with van der Waals surface area (Å²) in [4.78, 5) is 22.1. The minimum absolute atomic E-state index is 0.0389. The number of carbonyl (C=O) groups excluding carboxylic acids is 1. The van der Waals surface area contributed by atoms with Crippen LogP contribution in [0.15, 0.2) is 48.7 Å². The first-order valence-electron chi connectivity index (χ1n) is 9.79. The van der Waals surface area contributed by atoms with Crippen molar-refractivity contribution in [2.45, 2.75) is 44.6 Å². The van der Waals surface area contributed by atoms with Crippen LogP contribution < -0.4 is 0 Å². The average Bonchev–Trinajstić information content (AvgIpc) is 3.12. The molecule has 6 nitrogen and oxygen atoms in total. The molecule has 3 heterocycles. The number of imidazole rings is 1. The number of likely N-dealkylation sites (tertiary alicyclic amines) is 1. The smallest absolute Gasteiger partial charge is 0.445 e. The van der Waals surface area contributed by atoms with Crippen molar-refractivity contribution >= 4 is 17.3 Å². The molecule has 0 radical (unpaired) electrons. The quantitative estimate of drug-likeness (QED) is 0.619. The molecule has 1 aliphatic rings. The highest BCUT2D eigenvalue weighted by Gasteiger charge is 2.39. The molecule has 0 unspecified atom stereocenters. The minimum atomic E-state index is -4.62. The second kappa shape index (κ2) is 8.33. The van der Waals surface area contributed by atoms with Crippen LogP contribution in [0.5, 0.6) is 0 Å². The number of aromatic nitrogens is 3. The second-order valence-corrected chi connectivity index (χ2v) is 7.27. The molecule has 1 aromatic carbocycles. The van der Waals surface area contributed by atoms with Crippen molar-refractivity contribution in [3.8, 4) is 0 Å². The lowest BCUT2D eigenvalue weighted by atomic mass is 10.0. The van der Waals surface area contributed by atoms with Gasteiger partial charge in [0.15, 0.2) is 5.65 Å². The van der Waals surface area contributed by atoms with E-state index in [1.807, 2.05) is 30.3 Å². The topological polar surface area (TPSA) is 60.2 Å². The average molecular weight is 418 g/mol. The van der Waals surface area contributed by atoms with E-state index in [2.05, 4.69) is 9.97 Å². The third-order valence-corrected chi connectivity index (χ3v) is 5.22. The maximum atomic E-state index is 13.6. The molecule has 1 fully saturated rings. The third kappa shape index (κ3) is 4.24. The van der Waals surface area contributed by atoms with Gasteiger partial charge in [-0.2, -0.15) is 13.2 Å². The molecule has 0 aliphatic carbocycles. The first-order chi connectivity index (χ1) is 14.4.